The number of piperidine rings is 1. The number of likely N-dealkylation sites (N-methyl/N-ethyl adjacent to an activating group) is 1. The van der Waals surface area contributed by atoms with Crippen LogP contribution in [0.25, 0.3) is 0 Å². The Kier molecular flexibility index (Phi) is 4.38. The fourth-order valence-corrected chi connectivity index (χ4v) is 2.07. The summed E-state index contributed by atoms with van der Waals surface area (Å²) in [5.74, 6) is -0.0581. The van der Waals surface area contributed by atoms with Crippen LogP contribution in [-0.2, 0) is 9.59 Å². The zero-order valence-corrected chi connectivity index (χ0v) is 9.84. The molecule has 1 atom stereocenters. The summed E-state index contributed by atoms with van der Waals surface area (Å²) in [6, 6.07) is -0.265. The van der Waals surface area contributed by atoms with Crippen molar-refractivity contribution in [1.29, 1.82) is 0 Å². The predicted molar refractivity (Wildman–Crippen MR) is 57.2 cm³/mol. The van der Waals surface area contributed by atoms with E-state index in [2.05, 4.69) is 21.2 Å². The number of carbonyl (C=O) groups excluding carboxylic acids is 2. The van der Waals surface area contributed by atoms with Crippen LogP contribution < -0.4 is 5.32 Å². The van der Waals surface area contributed by atoms with E-state index in [0.29, 0.717) is 11.9 Å². The van der Waals surface area contributed by atoms with Gasteiger partial charge in [-0.1, -0.05) is 15.9 Å². The minimum atomic E-state index is -0.265. The highest BCUT2D eigenvalue weighted by atomic mass is 79.9. The van der Waals surface area contributed by atoms with E-state index in [1.165, 1.54) is 0 Å². The summed E-state index contributed by atoms with van der Waals surface area (Å²) in [7, 11) is 1.60. The van der Waals surface area contributed by atoms with Gasteiger partial charge in [-0.3, -0.25) is 9.59 Å². The minimum Gasteiger partial charge on any atom is -0.357 e. The van der Waals surface area contributed by atoms with Crippen LogP contribution in [-0.4, -0.2) is 41.7 Å². The third-order valence-corrected chi connectivity index (χ3v) is 2.97. The zero-order chi connectivity index (χ0) is 10.6. The lowest BCUT2D eigenvalue weighted by atomic mass is 10.0. The lowest BCUT2D eigenvalue weighted by Gasteiger charge is -2.34. The first-order valence-corrected chi connectivity index (χ1v) is 5.90. The van der Waals surface area contributed by atoms with Crippen molar-refractivity contribution in [2.45, 2.75) is 25.3 Å². The molecule has 14 heavy (non-hydrogen) atoms. The Morgan fingerprint density at radius 2 is 2.21 bits per heavy atom. The first-order valence-electron chi connectivity index (χ1n) is 4.77. The molecule has 5 heteroatoms. The highest BCUT2D eigenvalue weighted by molar-refractivity contribution is 9.09. The van der Waals surface area contributed by atoms with Crippen LogP contribution in [0.4, 0.5) is 0 Å². The van der Waals surface area contributed by atoms with Crippen molar-refractivity contribution in [3.63, 3.8) is 0 Å². The Hall–Kier alpha value is -0.580. The van der Waals surface area contributed by atoms with E-state index >= 15 is 0 Å². The Morgan fingerprint density at radius 1 is 1.50 bits per heavy atom. The van der Waals surface area contributed by atoms with Crippen molar-refractivity contribution in [1.82, 2.24) is 10.2 Å². The molecule has 1 fully saturated rings. The largest absolute Gasteiger partial charge is 0.357 e. The molecule has 4 nitrogen and oxygen atoms in total. The molecule has 1 N–H and O–H groups in total. The number of carbonyl (C=O) groups is 2. The Bertz CT molecular complexity index is 209. The maximum atomic E-state index is 11.5. The first kappa shape index (κ1) is 11.5. The molecule has 2 amide bonds. The Morgan fingerprint density at radius 3 is 2.79 bits per heavy atom. The van der Waals surface area contributed by atoms with Gasteiger partial charge >= 0.3 is 0 Å². The van der Waals surface area contributed by atoms with Crippen LogP contribution in [0.3, 0.4) is 0 Å². The molecular formula is C9H15BrN2O2. The SMILES string of the molecule is CNC(=O)C1CCCCN1C(=O)CBr. The fraction of sp³-hybridized carbons (Fsp3) is 0.778. The molecule has 0 spiro atoms. The third-order valence-electron chi connectivity index (χ3n) is 2.49. The molecule has 1 heterocycles. The van der Waals surface area contributed by atoms with Gasteiger partial charge in [0.2, 0.25) is 11.8 Å². The first-order chi connectivity index (χ1) is 6.70. The highest BCUT2D eigenvalue weighted by Gasteiger charge is 2.30. The van der Waals surface area contributed by atoms with Crippen LogP contribution >= 0.6 is 15.9 Å². The Balaban J connectivity index is 2.68. The lowest BCUT2D eigenvalue weighted by Crippen LogP contribution is -2.51. The summed E-state index contributed by atoms with van der Waals surface area (Å²) in [5, 5.41) is 2.89. The summed E-state index contributed by atoms with van der Waals surface area (Å²) in [6.45, 7) is 0.697. The van der Waals surface area contributed by atoms with Crippen LogP contribution in [0.15, 0.2) is 0 Å². The van der Waals surface area contributed by atoms with Crippen molar-refractivity contribution in [2.75, 3.05) is 18.9 Å². The summed E-state index contributed by atoms with van der Waals surface area (Å²) in [6.07, 6.45) is 2.79. The van der Waals surface area contributed by atoms with E-state index in [1.54, 1.807) is 11.9 Å². The third kappa shape index (κ3) is 2.47. The molecule has 0 aliphatic carbocycles. The van der Waals surface area contributed by atoms with E-state index in [4.69, 9.17) is 0 Å². The molecule has 80 valence electrons. The number of hydrogen-bond acceptors (Lipinski definition) is 2. The summed E-state index contributed by atoms with van der Waals surface area (Å²) in [5.41, 5.74) is 0. The van der Waals surface area contributed by atoms with Gasteiger partial charge in [-0.05, 0) is 19.3 Å². The van der Waals surface area contributed by atoms with E-state index in [1.807, 2.05) is 0 Å². The lowest BCUT2D eigenvalue weighted by molar-refractivity contribution is -0.140. The fourth-order valence-electron chi connectivity index (χ4n) is 1.75. The minimum absolute atomic E-state index is 0.00157. The van der Waals surface area contributed by atoms with Crippen molar-refractivity contribution < 1.29 is 9.59 Å². The van der Waals surface area contributed by atoms with Gasteiger partial charge in [-0.25, -0.2) is 0 Å². The quantitative estimate of drug-likeness (QED) is 0.738. The second kappa shape index (κ2) is 5.34. The van der Waals surface area contributed by atoms with Gasteiger partial charge in [0.05, 0.1) is 5.33 Å². The molecule has 1 saturated heterocycles. The average Bonchev–Trinajstić information content (AvgIpc) is 2.27. The van der Waals surface area contributed by atoms with E-state index in [9.17, 15) is 9.59 Å². The molecule has 0 radical (unpaired) electrons. The molecule has 0 saturated carbocycles. The van der Waals surface area contributed by atoms with Gasteiger partial charge in [0.1, 0.15) is 6.04 Å². The molecular weight excluding hydrogens is 248 g/mol. The average molecular weight is 263 g/mol. The summed E-state index contributed by atoms with van der Waals surface area (Å²) < 4.78 is 0. The summed E-state index contributed by atoms with van der Waals surface area (Å²) >= 11 is 3.13. The molecule has 0 aromatic carbocycles. The number of halogens is 1. The van der Waals surface area contributed by atoms with Gasteiger partial charge in [0, 0.05) is 13.6 Å². The molecule has 0 aromatic rings. The maximum Gasteiger partial charge on any atom is 0.242 e. The van der Waals surface area contributed by atoms with Gasteiger partial charge in [-0.15, -0.1) is 0 Å². The van der Waals surface area contributed by atoms with Gasteiger partial charge in [-0.2, -0.15) is 0 Å². The molecule has 1 unspecified atom stereocenters. The van der Waals surface area contributed by atoms with Crippen molar-refractivity contribution in [3.8, 4) is 0 Å². The zero-order valence-electron chi connectivity index (χ0n) is 8.25. The number of hydrogen-bond donors (Lipinski definition) is 1. The highest BCUT2D eigenvalue weighted by Crippen LogP contribution is 2.17. The van der Waals surface area contributed by atoms with Crippen LogP contribution in [0.5, 0.6) is 0 Å². The van der Waals surface area contributed by atoms with E-state index in [-0.39, 0.29) is 17.9 Å². The number of nitrogens with one attached hydrogen (secondary N) is 1. The monoisotopic (exact) mass is 262 g/mol. The number of nitrogens with zero attached hydrogens (tertiary/aromatic N) is 1. The smallest absolute Gasteiger partial charge is 0.242 e. The molecule has 1 aliphatic rings. The van der Waals surface area contributed by atoms with Gasteiger partial charge in [0.15, 0.2) is 0 Å². The molecule has 0 bridgehead atoms. The number of likely N-dealkylation sites (tertiary alicyclic amines) is 1. The molecule has 0 aromatic heterocycles. The summed E-state index contributed by atoms with van der Waals surface area (Å²) in [4.78, 5) is 24.6. The topological polar surface area (TPSA) is 49.4 Å². The van der Waals surface area contributed by atoms with Crippen LogP contribution in [0.1, 0.15) is 19.3 Å². The normalized spacial score (nSPS) is 21.9. The standard InChI is InChI=1S/C9H15BrN2O2/c1-11-9(14)7-4-2-3-5-12(7)8(13)6-10/h7H,2-6H2,1H3,(H,11,14). The second-order valence-corrected chi connectivity index (χ2v) is 3.91. The van der Waals surface area contributed by atoms with Crippen molar-refractivity contribution in [2.24, 2.45) is 0 Å². The second-order valence-electron chi connectivity index (χ2n) is 3.35. The van der Waals surface area contributed by atoms with E-state index in [0.717, 1.165) is 19.3 Å². The molecule has 1 aliphatic heterocycles. The Labute approximate surface area is 92.2 Å². The van der Waals surface area contributed by atoms with E-state index < -0.39 is 0 Å². The number of alkyl halides is 1. The van der Waals surface area contributed by atoms with Crippen LogP contribution in [0.2, 0.25) is 0 Å². The predicted octanol–water partition coefficient (Wildman–Crippen LogP) is 0.508. The number of amides is 2. The maximum absolute atomic E-state index is 11.5. The van der Waals surface area contributed by atoms with Crippen molar-refractivity contribution in [3.05, 3.63) is 0 Å². The molecule has 1 rings (SSSR count). The number of rotatable bonds is 2. The van der Waals surface area contributed by atoms with Crippen LogP contribution in [0, 0.1) is 0 Å². The van der Waals surface area contributed by atoms with Gasteiger partial charge in [0.25, 0.3) is 0 Å². The van der Waals surface area contributed by atoms with Gasteiger partial charge < -0.3 is 10.2 Å². The van der Waals surface area contributed by atoms with Crippen molar-refractivity contribution >= 4 is 27.7 Å².